The van der Waals surface area contributed by atoms with Crippen LogP contribution in [0.3, 0.4) is 0 Å². The van der Waals surface area contributed by atoms with Gasteiger partial charge in [0.2, 0.25) is 10.0 Å². The van der Waals surface area contributed by atoms with Crippen molar-refractivity contribution in [2.24, 2.45) is 4.99 Å². The maximum absolute atomic E-state index is 10.9. The minimum atomic E-state index is -3.12. The number of guanidine groups is 1. The number of hydrogen-bond donors (Lipinski definition) is 4. The van der Waals surface area contributed by atoms with Gasteiger partial charge in [0.15, 0.2) is 5.96 Å². The molecule has 8 heteroatoms. The Bertz CT molecular complexity index is 417. The van der Waals surface area contributed by atoms with Crippen molar-refractivity contribution in [3.8, 4) is 0 Å². The molecule has 1 rings (SSSR count). The first kappa shape index (κ1) is 18.2. The third-order valence-electron chi connectivity index (χ3n) is 3.35. The molecule has 1 saturated carbocycles. The molecule has 1 aliphatic rings. The Kier molecular flexibility index (Phi) is 7.98. The number of hydrogen-bond acceptors (Lipinski definition) is 4. The monoisotopic (exact) mass is 320 g/mol. The van der Waals surface area contributed by atoms with Gasteiger partial charge in [0.1, 0.15) is 0 Å². The molecule has 124 valence electrons. The fourth-order valence-corrected chi connectivity index (χ4v) is 2.78. The summed E-state index contributed by atoms with van der Waals surface area (Å²) < 4.78 is 24.3. The van der Waals surface area contributed by atoms with E-state index < -0.39 is 10.0 Å². The predicted octanol–water partition coefficient (Wildman–Crippen LogP) is -0.216. The highest BCUT2D eigenvalue weighted by molar-refractivity contribution is 7.88. The second-order valence-electron chi connectivity index (χ2n) is 5.43. The molecule has 0 bridgehead atoms. The summed E-state index contributed by atoms with van der Waals surface area (Å²) >= 11 is 0. The van der Waals surface area contributed by atoms with Gasteiger partial charge < -0.3 is 15.7 Å². The summed E-state index contributed by atoms with van der Waals surface area (Å²) in [6.07, 6.45) is 5.20. The summed E-state index contributed by atoms with van der Waals surface area (Å²) in [5.41, 5.74) is 0. The first-order chi connectivity index (χ1) is 9.90. The van der Waals surface area contributed by atoms with Crippen LogP contribution in [0.15, 0.2) is 4.99 Å². The maximum Gasteiger partial charge on any atom is 0.208 e. The highest BCUT2D eigenvalue weighted by Crippen LogP contribution is 2.18. The molecule has 0 aromatic rings. The zero-order valence-electron chi connectivity index (χ0n) is 12.9. The van der Waals surface area contributed by atoms with Crippen LogP contribution in [0.1, 0.15) is 39.0 Å². The molecule has 0 spiro atoms. The fraction of sp³-hybridized carbons (Fsp3) is 0.923. The van der Waals surface area contributed by atoms with Crippen molar-refractivity contribution in [1.82, 2.24) is 15.4 Å². The number of nitrogens with zero attached hydrogens (tertiary/aromatic N) is 1. The van der Waals surface area contributed by atoms with Crippen LogP contribution in [-0.2, 0) is 10.0 Å². The molecule has 0 unspecified atom stereocenters. The van der Waals surface area contributed by atoms with E-state index in [4.69, 9.17) is 0 Å². The lowest BCUT2D eigenvalue weighted by Gasteiger charge is -2.27. The lowest BCUT2D eigenvalue weighted by Crippen LogP contribution is -2.45. The number of sulfonamides is 1. The molecule has 0 heterocycles. The summed E-state index contributed by atoms with van der Waals surface area (Å²) in [6.45, 7) is 3.75. The molecule has 0 aromatic carbocycles. The smallest absolute Gasteiger partial charge is 0.208 e. The van der Waals surface area contributed by atoms with E-state index in [-0.39, 0.29) is 6.10 Å². The largest absolute Gasteiger partial charge is 0.393 e. The van der Waals surface area contributed by atoms with Crippen LogP contribution in [0, 0.1) is 0 Å². The van der Waals surface area contributed by atoms with E-state index in [2.05, 4.69) is 20.3 Å². The van der Waals surface area contributed by atoms with Crippen LogP contribution in [-0.4, -0.2) is 57.5 Å². The third-order valence-corrected chi connectivity index (χ3v) is 4.08. The van der Waals surface area contributed by atoms with Crippen molar-refractivity contribution in [2.75, 3.05) is 25.9 Å². The summed E-state index contributed by atoms with van der Waals surface area (Å²) in [6, 6.07) is 0.348. The van der Waals surface area contributed by atoms with Crippen LogP contribution >= 0.6 is 0 Å². The van der Waals surface area contributed by atoms with Crippen LogP contribution in [0.2, 0.25) is 0 Å². The van der Waals surface area contributed by atoms with Crippen molar-refractivity contribution >= 4 is 16.0 Å². The number of aliphatic hydroxyl groups is 1. The van der Waals surface area contributed by atoms with Crippen molar-refractivity contribution in [2.45, 2.75) is 51.2 Å². The van der Waals surface area contributed by atoms with E-state index in [9.17, 15) is 13.5 Å². The Morgan fingerprint density at radius 2 is 1.95 bits per heavy atom. The Morgan fingerprint density at radius 3 is 2.52 bits per heavy atom. The zero-order chi connectivity index (χ0) is 15.7. The standard InChI is InChI=1S/C13H28N4O3S/c1-3-14-13(15-9-4-10-16-21(2,19)20)17-11-5-7-12(18)8-6-11/h11-12,16,18H,3-10H2,1-2H3,(H2,14,15,17). The lowest BCUT2D eigenvalue weighted by atomic mass is 9.93. The van der Waals surface area contributed by atoms with Gasteiger partial charge in [0.05, 0.1) is 12.4 Å². The van der Waals surface area contributed by atoms with E-state index in [1.807, 2.05) is 6.92 Å². The van der Waals surface area contributed by atoms with E-state index >= 15 is 0 Å². The Balaban J connectivity index is 2.32. The molecule has 0 radical (unpaired) electrons. The van der Waals surface area contributed by atoms with Gasteiger partial charge in [-0.05, 0) is 39.0 Å². The van der Waals surface area contributed by atoms with E-state index in [1.165, 1.54) is 0 Å². The fourth-order valence-electron chi connectivity index (χ4n) is 2.26. The third kappa shape index (κ3) is 8.90. The van der Waals surface area contributed by atoms with Crippen molar-refractivity contribution in [3.05, 3.63) is 0 Å². The maximum atomic E-state index is 10.9. The second kappa shape index (κ2) is 9.22. The molecule has 4 N–H and O–H groups in total. The van der Waals surface area contributed by atoms with Gasteiger partial charge >= 0.3 is 0 Å². The molecule has 21 heavy (non-hydrogen) atoms. The topological polar surface area (TPSA) is 103 Å². The zero-order valence-corrected chi connectivity index (χ0v) is 13.7. The Labute approximate surface area is 127 Å². The van der Waals surface area contributed by atoms with Crippen molar-refractivity contribution in [3.63, 3.8) is 0 Å². The Morgan fingerprint density at radius 1 is 1.29 bits per heavy atom. The molecule has 0 amide bonds. The first-order valence-corrected chi connectivity index (χ1v) is 9.47. The first-order valence-electron chi connectivity index (χ1n) is 7.58. The lowest BCUT2D eigenvalue weighted by molar-refractivity contribution is 0.120. The molecule has 7 nitrogen and oxygen atoms in total. The molecule has 0 aliphatic heterocycles. The van der Waals surface area contributed by atoms with Gasteiger partial charge in [-0.2, -0.15) is 0 Å². The van der Waals surface area contributed by atoms with Crippen molar-refractivity contribution in [1.29, 1.82) is 0 Å². The average Bonchev–Trinajstić information content (AvgIpc) is 2.40. The highest BCUT2D eigenvalue weighted by Gasteiger charge is 2.19. The molecular weight excluding hydrogens is 292 g/mol. The van der Waals surface area contributed by atoms with Gasteiger partial charge in [-0.3, -0.25) is 4.99 Å². The molecule has 1 fully saturated rings. The Hall–Kier alpha value is -0.860. The molecule has 0 atom stereocenters. The van der Waals surface area contributed by atoms with E-state index in [1.54, 1.807) is 0 Å². The number of aliphatic imine (C=N–C) groups is 1. The molecule has 0 aromatic heterocycles. The van der Waals surface area contributed by atoms with E-state index in [0.29, 0.717) is 25.6 Å². The predicted molar refractivity (Wildman–Crippen MR) is 84.8 cm³/mol. The van der Waals surface area contributed by atoms with Gasteiger partial charge in [0, 0.05) is 25.7 Å². The van der Waals surface area contributed by atoms with Gasteiger partial charge in [-0.1, -0.05) is 0 Å². The normalized spacial score (nSPS) is 23.9. The van der Waals surface area contributed by atoms with Crippen LogP contribution in [0.25, 0.3) is 0 Å². The number of aliphatic hydroxyl groups excluding tert-OH is 1. The summed E-state index contributed by atoms with van der Waals surface area (Å²) in [7, 11) is -3.12. The van der Waals surface area contributed by atoms with Crippen LogP contribution < -0.4 is 15.4 Å². The van der Waals surface area contributed by atoms with Crippen molar-refractivity contribution < 1.29 is 13.5 Å². The molecular formula is C13H28N4O3S. The second-order valence-corrected chi connectivity index (χ2v) is 7.26. The van der Waals surface area contributed by atoms with Crippen LogP contribution in [0.4, 0.5) is 0 Å². The minimum Gasteiger partial charge on any atom is -0.393 e. The van der Waals surface area contributed by atoms with Gasteiger partial charge in [0.25, 0.3) is 0 Å². The summed E-state index contributed by atoms with van der Waals surface area (Å²) in [5, 5.41) is 16.1. The number of rotatable bonds is 7. The van der Waals surface area contributed by atoms with Gasteiger partial charge in [-0.15, -0.1) is 0 Å². The highest BCUT2D eigenvalue weighted by atomic mass is 32.2. The quantitative estimate of drug-likeness (QED) is 0.295. The average molecular weight is 320 g/mol. The minimum absolute atomic E-state index is 0.162. The van der Waals surface area contributed by atoms with Gasteiger partial charge in [-0.25, -0.2) is 13.1 Å². The molecule has 0 saturated heterocycles. The van der Waals surface area contributed by atoms with Crippen LogP contribution in [0.5, 0.6) is 0 Å². The summed E-state index contributed by atoms with van der Waals surface area (Å²) in [5.74, 6) is 0.762. The SMILES string of the molecule is CCNC(=NCCCNS(C)(=O)=O)NC1CCC(O)CC1. The van der Waals surface area contributed by atoms with E-state index in [0.717, 1.165) is 44.4 Å². The molecule has 1 aliphatic carbocycles. The number of nitrogens with one attached hydrogen (secondary N) is 3. The summed E-state index contributed by atoms with van der Waals surface area (Å²) in [4.78, 5) is 4.44.